The second kappa shape index (κ2) is 6.58. The minimum atomic E-state index is -0.118. The van der Waals surface area contributed by atoms with Gasteiger partial charge in [0.25, 0.3) is 5.91 Å². The third-order valence-corrected chi connectivity index (χ3v) is 3.48. The molecule has 1 heterocycles. The van der Waals surface area contributed by atoms with Gasteiger partial charge in [-0.2, -0.15) is 0 Å². The number of aromatic nitrogens is 3. The molecule has 1 amide bonds. The van der Waals surface area contributed by atoms with Crippen molar-refractivity contribution in [1.82, 2.24) is 19.7 Å². The molecule has 0 aliphatic rings. The van der Waals surface area contributed by atoms with E-state index in [2.05, 4.69) is 15.5 Å². The van der Waals surface area contributed by atoms with Crippen molar-refractivity contribution < 1.29 is 4.79 Å². The molecule has 0 fully saturated rings. The number of carbonyl (C=O) groups is 1. The number of nitrogens with zero attached hydrogens (tertiary/aromatic N) is 4. The average molecular weight is 308 g/mol. The van der Waals surface area contributed by atoms with Crippen LogP contribution in [0.15, 0.2) is 24.5 Å². The van der Waals surface area contributed by atoms with E-state index in [4.69, 9.17) is 11.6 Å². The lowest BCUT2D eigenvalue weighted by Crippen LogP contribution is -2.28. The van der Waals surface area contributed by atoms with Gasteiger partial charge in [-0.15, -0.1) is 10.2 Å². The van der Waals surface area contributed by atoms with Crippen molar-refractivity contribution >= 4 is 23.2 Å². The van der Waals surface area contributed by atoms with E-state index in [-0.39, 0.29) is 5.91 Å². The number of rotatable bonds is 5. The number of hydrogen-bond acceptors (Lipinski definition) is 4. The first-order valence-corrected chi connectivity index (χ1v) is 7.04. The molecule has 2 aromatic rings. The Morgan fingerprint density at radius 1 is 1.48 bits per heavy atom. The average Bonchev–Trinajstić information content (AvgIpc) is 2.93. The van der Waals surface area contributed by atoms with E-state index < -0.39 is 0 Å². The summed E-state index contributed by atoms with van der Waals surface area (Å²) in [6.07, 6.45) is 1.66. The third-order valence-electron chi connectivity index (χ3n) is 3.24. The Kier molecular flexibility index (Phi) is 4.80. The van der Waals surface area contributed by atoms with Crippen LogP contribution < -0.4 is 5.32 Å². The molecule has 0 atom stereocenters. The molecule has 0 radical (unpaired) electrons. The zero-order valence-electron chi connectivity index (χ0n) is 12.3. The molecule has 21 heavy (non-hydrogen) atoms. The highest BCUT2D eigenvalue weighted by molar-refractivity contribution is 6.31. The zero-order chi connectivity index (χ0) is 15.4. The molecule has 1 aromatic heterocycles. The van der Waals surface area contributed by atoms with E-state index in [1.807, 2.05) is 11.5 Å². The van der Waals surface area contributed by atoms with Gasteiger partial charge in [-0.25, -0.2) is 0 Å². The number of amides is 1. The number of hydrogen-bond donors (Lipinski definition) is 1. The highest BCUT2D eigenvalue weighted by atomic mass is 35.5. The topological polar surface area (TPSA) is 63.1 Å². The first-order valence-electron chi connectivity index (χ1n) is 6.66. The molecule has 1 aromatic carbocycles. The molecule has 2 rings (SSSR count). The number of nitrogens with one attached hydrogen (secondary N) is 1. The summed E-state index contributed by atoms with van der Waals surface area (Å²) in [6, 6.07) is 5.20. The van der Waals surface area contributed by atoms with Crippen LogP contribution in [-0.4, -0.2) is 39.7 Å². The summed E-state index contributed by atoms with van der Waals surface area (Å²) in [4.78, 5) is 14.2. The Labute approximate surface area is 128 Å². The lowest BCUT2D eigenvalue weighted by atomic mass is 10.1. The molecule has 1 N–H and O–H groups in total. The van der Waals surface area contributed by atoms with Gasteiger partial charge in [0, 0.05) is 31.4 Å². The summed E-state index contributed by atoms with van der Waals surface area (Å²) >= 11 is 5.99. The minimum absolute atomic E-state index is 0.118. The highest BCUT2D eigenvalue weighted by Gasteiger charge is 2.18. The SMILES string of the molecule is CCn1cnnc1CN(C)C(=O)c1cc(Cl)ccc1NC. The Hall–Kier alpha value is -2.08. The van der Waals surface area contributed by atoms with Gasteiger partial charge in [-0.3, -0.25) is 4.79 Å². The van der Waals surface area contributed by atoms with Gasteiger partial charge in [0.05, 0.1) is 12.1 Å². The maximum Gasteiger partial charge on any atom is 0.256 e. The molecule has 6 nitrogen and oxygen atoms in total. The summed E-state index contributed by atoms with van der Waals surface area (Å²) < 4.78 is 1.90. The van der Waals surface area contributed by atoms with Crippen molar-refractivity contribution in [2.24, 2.45) is 0 Å². The lowest BCUT2D eigenvalue weighted by Gasteiger charge is -2.19. The third kappa shape index (κ3) is 3.33. The fraction of sp³-hybridized carbons (Fsp3) is 0.357. The van der Waals surface area contributed by atoms with E-state index in [9.17, 15) is 4.79 Å². The van der Waals surface area contributed by atoms with Crippen LogP contribution >= 0.6 is 11.6 Å². The second-order valence-corrected chi connectivity index (χ2v) is 5.07. The van der Waals surface area contributed by atoms with Crippen LogP contribution in [0.3, 0.4) is 0 Å². The smallest absolute Gasteiger partial charge is 0.256 e. The monoisotopic (exact) mass is 307 g/mol. The fourth-order valence-electron chi connectivity index (χ4n) is 2.07. The van der Waals surface area contributed by atoms with Gasteiger partial charge in [0.1, 0.15) is 6.33 Å². The molecule has 0 saturated heterocycles. The summed E-state index contributed by atoms with van der Waals surface area (Å²) in [5.74, 6) is 0.633. The second-order valence-electron chi connectivity index (χ2n) is 4.63. The van der Waals surface area contributed by atoms with Crippen LogP contribution in [0.2, 0.25) is 5.02 Å². The number of benzene rings is 1. The minimum Gasteiger partial charge on any atom is -0.387 e. The molecule has 112 valence electrons. The normalized spacial score (nSPS) is 10.5. The van der Waals surface area contributed by atoms with Gasteiger partial charge in [-0.1, -0.05) is 11.6 Å². The van der Waals surface area contributed by atoms with Crippen molar-refractivity contribution in [2.45, 2.75) is 20.0 Å². The Balaban J connectivity index is 2.21. The van der Waals surface area contributed by atoms with Gasteiger partial charge in [0.2, 0.25) is 0 Å². The van der Waals surface area contributed by atoms with Crippen LogP contribution in [0.4, 0.5) is 5.69 Å². The molecule has 0 saturated carbocycles. The van der Waals surface area contributed by atoms with E-state index in [1.54, 1.807) is 43.5 Å². The molecular formula is C14H18ClN5O. The van der Waals surface area contributed by atoms with Gasteiger partial charge >= 0.3 is 0 Å². The molecule has 0 unspecified atom stereocenters. The van der Waals surface area contributed by atoms with E-state index >= 15 is 0 Å². The standard InChI is InChI=1S/C14H18ClN5O/c1-4-20-9-17-18-13(20)8-19(3)14(21)11-7-10(15)5-6-12(11)16-2/h5-7,9,16H,4,8H2,1-3H3. The number of halogens is 1. The van der Waals surface area contributed by atoms with Crippen molar-refractivity contribution in [3.8, 4) is 0 Å². The van der Waals surface area contributed by atoms with Gasteiger partial charge in [0.15, 0.2) is 5.82 Å². The molecule has 0 aliphatic heterocycles. The van der Waals surface area contributed by atoms with E-state index in [1.165, 1.54) is 0 Å². The predicted molar refractivity (Wildman–Crippen MR) is 82.5 cm³/mol. The van der Waals surface area contributed by atoms with Crippen LogP contribution in [0.25, 0.3) is 0 Å². The number of aryl methyl sites for hydroxylation is 1. The van der Waals surface area contributed by atoms with Crippen molar-refractivity contribution in [2.75, 3.05) is 19.4 Å². The van der Waals surface area contributed by atoms with E-state index in [0.29, 0.717) is 17.1 Å². The largest absolute Gasteiger partial charge is 0.387 e. The first kappa shape index (κ1) is 15.3. The zero-order valence-corrected chi connectivity index (χ0v) is 13.1. The maximum atomic E-state index is 12.6. The van der Waals surface area contributed by atoms with Crippen LogP contribution in [0.5, 0.6) is 0 Å². The van der Waals surface area contributed by atoms with Crippen molar-refractivity contribution in [3.63, 3.8) is 0 Å². The highest BCUT2D eigenvalue weighted by Crippen LogP contribution is 2.22. The maximum absolute atomic E-state index is 12.6. The van der Waals surface area contributed by atoms with E-state index in [0.717, 1.165) is 18.1 Å². The molecule has 0 bridgehead atoms. The quantitative estimate of drug-likeness (QED) is 0.920. The van der Waals surface area contributed by atoms with Gasteiger partial charge < -0.3 is 14.8 Å². The van der Waals surface area contributed by atoms with Crippen LogP contribution in [-0.2, 0) is 13.1 Å². The molecular weight excluding hydrogens is 290 g/mol. The summed E-state index contributed by atoms with van der Waals surface area (Å²) in [5, 5.41) is 11.4. The first-order chi connectivity index (χ1) is 10.1. The Bertz CT molecular complexity index is 640. The fourth-order valence-corrected chi connectivity index (χ4v) is 2.24. The molecule has 7 heteroatoms. The molecule has 0 aliphatic carbocycles. The summed E-state index contributed by atoms with van der Waals surface area (Å²) in [5.41, 5.74) is 1.28. The Morgan fingerprint density at radius 2 is 2.24 bits per heavy atom. The number of anilines is 1. The van der Waals surface area contributed by atoms with Crippen molar-refractivity contribution in [3.05, 3.63) is 40.9 Å². The predicted octanol–water partition coefficient (Wildman–Crippen LogP) is 2.27. The molecule has 0 spiro atoms. The summed E-state index contributed by atoms with van der Waals surface area (Å²) in [6.45, 7) is 3.16. The van der Waals surface area contributed by atoms with Crippen LogP contribution in [0.1, 0.15) is 23.1 Å². The van der Waals surface area contributed by atoms with Gasteiger partial charge in [-0.05, 0) is 25.1 Å². The van der Waals surface area contributed by atoms with Crippen LogP contribution in [0, 0.1) is 0 Å². The Morgan fingerprint density at radius 3 is 2.90 bits per heavy atom. The van der Waals surface area contributed by atoms with Crippen molar-refractivity contribution in [1.29, 1.82) is 0 Å². The lowest BCUT2D eigenvalue weighted by molar-refractivity contribution is 0.0781. The number of carbonyl (C=O) groups excluding carboxylic acids is 1. The summed E-state index contributed by atoms with van der Waals surface area (Å²) in [7, 11) is 3.51.